The van der Waals surface area contributed by atoms with Crippen LogP contribution in [0.1, 0.15) is 17.3 Å². The van der Waals surface area contributed by atoms with Crippen LogP contribution in [0.5, 0.6) is 5.75 Å². The molecule has 0 aromatic heterocycles. The smallest absolute Gasteiger partial charge is 0.251 e. The van der Waals surface area contributed by atoms with E-state index in [-0.39, 0.29) is 48.8 Å². The van der Waals surface area contributed by atoms with E-state index in [1.807, 2.05) is 0 Å². The predicted octanol–water partition coefficient (Wildman–Crippen LogP) is 1.49. The monoisotopic (exact) mass is 449 g/mol. The van der Waals surface area contributed by atoms with Crippen LogP contribution in [0, 0.1) is 5.82 Å². The van der Waals surface area contributed by atoms with E-state index in [9.17, 15) is 22.4 Å². The Labute approximate surface area is 180 Å². The Morgan fingerprint density at radius 2 is 1.61 bits per heavy atom. The summed E-state index contributed by atoms with van der Waals surface area (Å²) in [5.41, 5.74) is 0.321. The highest BCUT2D eigenvalue weighted by atomic mass is 32.2. The fourth-order valence-corrected chi connectivity index (χ4v) is 4.56. The minimum Gasteiger partial charge on any atom is -0.492 e. The summed E-state index contributed by atoms with van der Waals surface area (Å²) < 4.78 is 45.2. The van der Waals surface area contributed by atoms with Crippen LogP contribution in [0.25, 0.3) is 0 Å². The maximum Gasteiger partial charge on any atom is 0.251 e. The quantitative estimate of drug-likeness (QED) is 0.646. The van der Waals surface area contributed by atoms with Crippen molar-refractivity contribution in [3.05, 3.63) is 59.9 Å². The van der Waals surface area contributed by atoms with Crippen LogP contribution < -0.4 is 10.1 Å². The van der Waals surface area contributed by atoms with Gasteiger partial charge in [0.1, 0.15) is 18.2 Å². The van der Waals surface area contributed by atoms with Crippen molar-refractivity contribution in [3.63, 3.8) is 0 Å². The van der Waals surface area contributed by atoms with Crippen LogP contribution in [0.15, 0.2) is 53.4 Å². The summed E-state index contributed by atoms with van der Waals surface area (Å²) in [4.78, 5) is 25.4. The van der Waals surface area contributed by atoms with E-state index in [1.54, 1.807) is 4.90 Å². The highest BCUT2D eigenvalue weighted by Crippen LogP contribution is 2.18. The summed E-state index contributed by atoms with van der Waals surface area (Å²) in [5.74, 6) is -0.295. The van der Waals surface area contributed by atoms with Crippen LogP contribution in [0.4, 0.5) is 4.39 Å². The van der Waals surface area contributed by atoms with E-state index >= 15 is 0 Å². The molecule has 1 fully saturated rings. The van der Waals surface area contributed by atoms with E-state index in [0.717, 1.165) is 0 Å². The van der Waals surface area contributed by atoms with Crippen molar-refractivity contribution in [2.45, 2.75) is 11.8 Å². The number of sulfonamides is 1. The van der Waals surface area contributed by atoms with Gasteiger partial charge in [0.15, 0.2) is 0 Å². The third-order valence-corrected chi connectivity index (χ3v) is 6.82. The second kappa shape index (κ2) is 9.88. The van der Waals surface area contributed by atoms with E-state index in [1.165, 1.54) is 59.8 Å². The second-order valence-corrected chi connectivity index (χ2v) is 8.93. The molecule has 3 rings (SSSR count). The third-order valence-electron chi connectivity index (χ3n) is 4.91. The Bertz CT molecular complexity index is 1020. The number of halogens is 1. The van der Waals surface area contributed by atoms with Crippen molar-refractivity contribution in [2.24, 2.45) is 0 Å². The fourth-order valence-electron chi connectivity index (χ4n) is 3.14. The topological polar surface area (TPSA) is 96.0 Å². The molecule has 1 heterocycles. The van der Waals surface area contributed by atoms with E-state index in [0.29, 0.717) is 24.4 Å². The molecule has 0 radical (unpaired) electrons. The lowest BCUT2D eigenvalue weighted by Crippen LogP contribution is -2.49. The number of rotatable bonds is 7. The minimum atomic E-state index is -3.69. The summed E-state index contributed by atoms with van der Waals surface area (Å²) in [6.07, 6.45) is 0. The van der Waals surface area contributed by atoms with Gasteiger partial charge in [-0.2, -0.15) is 4.31 Å². The van der Waals surface area contributed by atoms with Gasteiger partial charge in [-0.3, -0.25) is 9.59 Å². The number of carbonyl (C=O) groups excluding carboxylic acids is 2. The van der Waals surface area contributed by atoms with Gasteiger partial charge in [-0.25, -0.2) is 12.8 Å². The van der Waals surface area contributed by atoms with Crippen molar-refractivity contribution in [3.8, 4) is 5.75 Å². The highest BCUT2D eigenvalue weighted by Gasteiger charge is 2.29. The van der Waals surface area contributed by atoms with Crippen molar-refractivity contribution in [1.82, 2.24) is 14.5 Å². The molecule has 31 heavy (non-hydrogen) atoms. The van der Waals surface area contributed by atoms with E-state index in [2.05, 4.69) is 5.32 Å². The summed E-state index contributed by atoms with van der Waals surface area (Å²) in [7, 11) is -3.69. The molecule has 1 aliphatic rings. The molecule has 10 heteroatoms. The Balaban J connectivity index is 1.51. The molecule has 1 saturated heterocycles. The lowest BCUT2D eigenvalue weighted by atomic mass is 10.2. The van der Waals surface area contributed by atoms with Gasteiger partial charge in [-0.15, -0.1) is 0 Å². The number of benzene rings is 2. The Kier molecular flexibility index (Phi) is 7.24. The summed E-state index contributed by atoms with van der Waals surface area (Å²) in [6.45, 7) is 3.08. The molecule has 0 unspecified atom stereocenters. The van der Waals surface area contributed by atoms with Crippen molar-refractivity contribution in [2.75, 3.05) is 39.3 Å². The minimum absolute atomic E-state index is 0.0736. The number of piperazine rings is 1. The van der Waals surface area contributed by atoms with Gasteiger partial charge in [-0.1, -0.05) is 0 Å². The second-order valence-electron chi connectivity index (χ2n) is 6.99. The van der Waals surface area contributed by atoms with Crippen LogP contribution in [-0.2, 0) is 14.8 Å². The van der Waals surface area contributed by atoms with Crippen LogP contribution in [0.3, 0.4) is 0 Å². The molecule has 1 aliphatic heterocycles. The van der Waals surface area contributed by atoms with Crippen LogP contribution >= 0.6 is 0 Å². The molecule has 2 aromatic rings. The Hall–Kier alpha value is -2.98. The van der Waals surface area contributed by atoms with Gasteiger partial charge in [0.25, 0.3) is 5.91 Å². The molecule has 0 aliphatic carbocycles. The lowest BCUT2D eigenvalue weighted by Gasteiger charge is -2.33. The zero-order chi connectivity index (χ0) is 22.4. The zero-order valence-electron chi connectivity index (χ0n) is 17.1. The van der Waals surface area contributed by atoms with Gasteiger partial charge in [0, 0.05) is 38.7 Å². The first-order valence-electron chi connectivity index (χ1n) is 9.79. The summed E-state index contributed by atoms with van der Waals surface area (Å²) in [6, 6.07) is 11.3. The van der Waals surface area contributed by atoms with Gasteiger partial charge >= 0.3 is 0 Å². The highest BCUT2D eigenvalue weighted by molar-refractivity contribution is 7.89. The molecule has 0 bridgehead atoms. The number of nitrogens with one attached hydrogen (secondary N) is 1. The Morgan fingerprint density at radius 3 is 2.19 bits per heavy atom. The van der Waals surface area contributed by atoms with E-state index < -0.39 is 10.0 Å². The number of carbonyl (C=O) groups is 2. The van der Waals surface area contributed by atoms with Crippen LogP contribution in [0.2, 0.25) is 0 Å². The number of nitrogens with zero attached hydrogens (tertiary/aromatic N) is 2. The summed E-state index contributed by atoms with van der Waals surface area (Å²) in [5, 5.41) is 2.68. The van der Waals surface area contributed by atoms with Gasteiger partial charge in [-0.05, 0) is 48.5 Å². The molecule has 8 nitrogen and oxygen atoms in total. The first kappa shape index (κ1) is 22.7. The average Bonchev–Trinajstić information content (AvgIpc) is 2.78. The number of amides is 2. The van der Waals surface area contributed by atoms with Crippen LogP contribution in [-0.4, -0.2) is 68.8 Å². The SMILES string of the molecule is CC(=O)N1CCN(S(=O)(=O)c2ccc(C(=O)NCCOc3ccc(F)cc3)cc2)CC1. The first-order chi connectivity index (χ1) is 14.8. The molecular formula is C21H24FN3O5S. The van der Waals surface area contributed by atoms with Gasteiger partial charge in [0.2, 0.25) is 15.9 Å². The van der Waals surface area contributed by atoms with Gasteiger partial charge < -0.3 is 15.0 Å². The average molecular weight is 450 g/mol. The predicted molar refractivity (Wildman–Crippen MR) is 112 cm³/mol. The molecule has 1 N–H and O–H groups in total. The maximum atomic E-state index is 12.9. The molecular weight excluding hydrogens is 425 g/mol. The molecule has 0 saturated carbocycles. The molecule has 2 aromatic carbocycles. The molecule has 2 amide bonds. The zero-order valence-corrected chi connectivity index (χ0v) is 17.9. The van der Waals surface area contributed by atoms with Crippen molar-refractivity contribution >= 4 is 21.8 Å². The lowest BCUT2D eigenvalue weighted by molar-refractivity contribution is -0.129. The summed E-state index contributed by atoms with van der Waals surface area (Å²) >= 11 is 0. The van der Waals surface area contributed by atoms with Crippen molar-refractivity contribution in [1.29, 1.82) is 0 Å². The van der Waals surface area contributed by atoms with Crippen molar-refractivity contribution < 1.29 is 27.1 Å². The first-order valence-corrected chi connectivity index (χ1v) is 11.2. The maximum absolute atomic E-state index is 12.9. The Morgan fingerprint density at radius 1 is 1.00 bits per heavy atom. The molecule has 0 atom stereocenters. The largest absolute Gasteiger partial charge is 0.492 e. The van der Waals surface area contributed by atoms with Gasteiger partial charge in [0.05, 0.1) is 11.4 Å². The van der Waals surface area contributed by atoms with E-state index in [4.69, 9.17) is 4.74 Å². The number of hydrogen-bond acceptors (Lipinski definition) is 5. The third kappa shape index (κ3) is 5.80. The normalized spacial score (nSPS) is 14.8. The molecule has 166 valence electrons. The number of hydrogen-bond donors (Lipinski definition) is 1. The molecule has 0 spiro atoms. The standard InChI is InChI=1S/C21H24FN3O5S/c1-16(26)24-11-13-25(14-12-24)31(28,29)20-8-2-17(3-9-20)21(27)23-10-15-30-19-6-4-18(22)5-7-19/h2-9H,10-15H2,1H3,(H,23,27). The fraction of sp³-hybridized carbons (Fsp3) is 0.333. The number of ether oxygens (including phenoxy) is 1.